The lowest BCUT2D eigenvalue weighted by molar-refractivity contribution is -0.384. The first-order chi connectivity index (χ1) is 11.8. The number of carbonyl (C=O) groups excluding carboxylic acids is 2. The fourth-order valence-corrected chi connectivity index (χ4v) is 2.56. The Balaban J connectivity index is 1.96. The Morgan fingerprint density at radius 3 is 2.12 bits per heavy atom. The highest BCUT2D eigenvalue weighted by atomic mass is 16.6. The lowest BCUT2D eigenvalue weighted by Crippen LogP contribution is -2.33. The highest BCUT2D eigenvalue weighted by Gasteiger charge is 2.12. The average Bonchev–Trinajstić information content (AvgIpc) is 2.56. The molecule has 2 amide bonds. The summed E-state index contributed by atoms with van der Waals surface area (Å²) in [6.45, 7) is 5.61. The van der Waals surface area contributed by atoms with E-state index in [-0.39, 0.29) is 23.7 Å². The fraction of sp³-hybridized carbons (Fsp3) is 0.222. The SMILES string of the molecule is Cc1cc(C)c(NC(=O)CNC(=O)c2ccc([N+](=O)[O-])cc2)c(C)c1. The van der Waals surface area contributed by atoms with Crippen molar-refractivity contribution in [2.45, 2.75) is 20.8 Å². The van der Waals surface area contributed by atoms with Crippen molar-refractivity contribution < 1.29 is 14.5 Å². The fourth-order valence-electron chi connectivity index (χ4n) is 2.56. The molecular weight excluding hydrogens is 322 g/mol. The molecule has 0 radical (unpaired) electrons. The summed E-state index contributed by atoms with van der Waals surface area (Å²) in [6.07, 6.45) is 0. The zero-order valence-corrected chi connectivity index (χ0v) is 14.3. The second-order valence-electron chi connectivity index (χ2n) is 5.81. The number of amides is 2. The first kappa shape index (κ1) is 18.1. The number of aryl methyl sites for hydroxylation is 3. The molecule has 0 atom stereocenters. The molecule has 7 heteroatoms. The Bertz CT molecular complexity index is 806. The number of nitro groups is 1. The number of carbonyl (C=O) groups is 2. The summed E-state index contributed by atoms with van der Waals surface area (Å²) >= 11 is 0. The van der Waals surface area contributed by atoms with Crippen LogP contribution in [0.15, 0.2) is 36.4 Å². The minimum absolute atomic E-state index is 0.0976. The maximum atomic E-state index is 12.1. The van der Waals surface area contributed by atoms with Crippen LogP contribution < -0.4 is 10.6 Å². The van der Waals surface area contributed by atoms with Gasteiger partial charge in [0.05, 0.1) is 11.5 Å². The number of nitrogens with one attached hydrogen (secondary N) is 2. The highest BCUT2D eigenvalue weighted by molar-refractivity contribution is 5.99. The van der Waals surface area contributed by atoms with E-state index in [2.05, 4.69) is 10.6 Å². The van der Waals surface area contributed by atoms with Gasteiger partial charge in [0.2, 0.25) is 5.91 Å². The molecule has 2 N–H and O–H groups in total. The zero-order chi connectivity index (χ0) is 18.6. The van der Waals surface area contributed by atoms with E-state index < -0.39 is 10.8 Å². The Morgan fingerprint density at radius 2 is 1.60 bits per heavy atom. The summed E-state index contributed by atoms with van der Waals surface area (Å²) in [4.78, 5) is 34.1. The number of hydrogen-bond donors (Lipinski definition) is 2. The van der Waals surface area contributed by atoms with Crippen LogP contribution in [0.2, 0.25) is 0 Å². The Labute approximate surface area is 145 Å². The van der Waals surface area contributed by atoms with E-state index in [0.717, 1.165) is 22.4 Å². The van der Waals surface area contributed by atoms with Gasteiger partial charge >= 0.3 is 0 Å². The molecule has 0 spiro atoms. The molecular formula is C18H19N3O4. The topological polar surface area (TPSA) is 101 Å². The van der Waals surface area contributed by atoms with Gasteiger partial charge in [-0.1, -0.05) is 17.7 Å². The Morgan fingerprint density at radius 1 is 1.04 bits per heavy atom. The van der Waals surface area contributed by atoms with Gasteiger partial charge in [0, 0.05) is 23.4 Å². The van der Waals surface area contributed by atoms with E-state index in [1.54, 1.807) is 0 Å². The van der Waals surface area contributed by atoms with Gasteiger partial charge in [-0.05, 0) is 44.0 Å². The number of benzene rings is 2. The number of nitro benzene ring substituents is 1. The van der Waals surface area contributed by atoms with Crippen molar-refractivity contribution in [3.05, 3.63) is 68.8 Å². The van der Waals surface area contributed by atoms with Crippen molar-refractivity contribution >= 4 is 23.2 Å². The number of rotatable bonds is 5. The van der Waals surface area contributed by atoms with Gasteiger partial charge in [-0.25, -0.2) is 0 Å². The summed E-state index contributed by atoms with van der Waals surface area (Å²) in [7, 11) is 0. The van der Waals surface area contributed by atoms with Crippen LogP contribution in [0.4, 0.5) is 11.4 Å². The van der Waals surface area contributed by atoms with Gasteiger partial charge in [-0.3, -0.25) is 19.7 Å². The average molecular weight is 341 g/mol. The van der Waals surface area contributed by atoms with E-state index >= 15 is 0 Å². The third-order valence-electron chi connectivity index (χ3n) is 3.69. The summed E-state index contributed by atoms with van der Waals surface area (Å²) in [6, 6.07) is 9.12. The van der Waals surface area contributed by atoms with Crippen LogP contribution in [0.5, 0.6) is 0 Å². The highest BCUT2D eigenvalue weighted by Crippen LogP contribution is 2.21. The number of non-ortho nitro benzene ring substituents is 1. The van der Waals surface area contributed by atoms with E-state index in [4.69, 9.17) is 0 Å². The van der Waals surface area contributed by atoms with Crippen molar-refractivity contribution in [2.24, 2.45) is 0 Å². The number of nitrogens with zero attached hydrogens (tertiary/aromatic N) is 1. The number of anilines is 1. The monoisotopic (exact) mass is 341 g/mol. The zero-order valence-electron chi connectivity index (χ0n) is 14.3. The van der Waals surface area contributed by atoms with E-state index in [1.807, 2.05) is 32.9 Å². The van der Waals surface area contributed by atoms with E-state index in [9.17, 15) is 19.7 Å². The van der Waals surface area contributed by atoms with Gasteiger partial charge in [0.15, 0.2) is 0 Å². The predicted octanol–water partition coefficient (Wildman–Crippen LogP) is 2.89. The van der Waals surface area contributed by atoms with Gasteiger partial charge < -0.3 is 10.6 Å². The molecule has 25 heavy (non-hydrogen) atoms. The second-order valence-corrected chi connectivity index (χ2v) is 5.81. The first-order valence-electron chi connectivity index (χ1n) is 7.68. The summed E-state index contributed by atoms with van der Waals surface area (Å²) in [5.41, 5.74) is 3.90. The largest absolute Gasteiger partial charge is 0.343 e. The Kier molecular flexibility index (Phi) is 5.49. The maximum Gasteiger partial charge on any atom is 0.269 e. The molecule has 2 aromatic carbocycles. The van der Waals surface area contributed by atoms with Crippen LogP contribution in [0.25, 0.3) is 0 Å². The molecule has 0 aromatic heterocycles. The van der Waals surface area contributed by atoms with Gasteiger partial charge in [0.25, 0.3) is 11.6 Å². The lowest BCUT2D eigenvalue weighted by Gasteiger charge is -2.13. The predicted molar refractivity (Wildman–Crippen MR) is 94.7 cm³/mol. The molecule has 0 aliphatic rings. The third-order valence-corrected chi connectivity index (χ3v) is 3.69. The standard InChI is InChI=1S/C18H19N3O4/c1-11-8-12(2)17(13(3)9-11)20-16(22)10-19-18(23)14-4-6-15(7-5-14)21(24)25/h4-9H,10H2,1-3H3,(H,19,23)(H,20,22). The molecule has 7 nitrogen and oxygen atoms in total. The molecule has 0 heterocycles. The molecule has 0 saturated carbocycles. The van der Waals surface area contributed by atoms with Gasteiger partial charge in [-0.2, -0.15) is 0 Å². The summed E-state index contributed by atoms with van der Waals surface area (Å²) in [5, 5.41) is 15.9. The van der Waals surface area contributed by atoms with Crippen molar-refractivity contribution in [1.82, 2.24) is 5.32 Å². The quantitative estimate of drug-likeness (QED) is 0.645. The van der Waals surface area contributed by atoms with Crippen LogP contribution in [0.1, 0.15) is 27.0 Å². The molecule has 130 valence electrons. The van der Waals surface area contributed by atoms with Gasteiger partial charge in [0.1, 0.15) is 0 Å². The molecule has 0 aliphatic heterocycles. The molecule has 0 aliphatic carbocycles. The molecule has 2 aromatic rings. The van der Waals surface area contributed by atoms with E-state index in [1.165, 1.54) is 24.3 Å². The second kappa shape index (κ2) is 7.57. The van der Waals surface area contributed by atoms with Crippen molar-refractivity contribution in [3.63, 3.8) is 0 Å². The van der Waals surface area contributed by atoms with Crippen molar-refractivity contribution in [3.8, 4) is 0 Å². The molecule has 0 bridgehead atoms. The van der Waals surface area contributed by atoms with Crippen LogP contribution in [0, 0.1) is 30.9 Å². The molecule has 0 unspecified atom stereocenters. The maximum absolute atomic E-state index is 12.1. The normalized spacial score (nSPS) is 10.2. The lowest BCUT2D eigenvalue weighted by atomic mass is 10.1. The molecule has 2 rings (SSSR count). The van der Waals surface area contributed by atoms with Gasteiger partial charge in [-0.15, -0.1) is 0 Å². The van der Waals surface area contributed by atoms with Crippen LogP contribution in [0.3, 0.4) is 0 Å². The van der Waals surface area contributed by atoms with Crippen molar-refractivity contribution in [2.75, 3.05) is 11.9 Å². The minimum Gasteiger partial charge on any atom is -0.343 e. The van der Waals surface area contributed by atoms with Crippen LogP contribution in [-0.2, 0) is 4.79 Å². The smallest absolute Gasteiger partial charge is 0.269 e. The molecule has 0 saturated heterocycles. The number of hydrogen-bond acceptors (Lipinski definition) is 4. The Hall–Kier alpha value is -3.22. The van der Waals surface area contributed by atoms with Crippen LogP contribution in [-0.4, -0.2) is 23.3 Å². The first-order valence-corrected chi connectivity index (χ1v) is 7.68. The van der Waals surface area contributed by atoms with Crippen molar-refractivity contribution in [1.29, 1.82) is 0 Å². The summed E-state index contributed by atoms with van der Waals surface area (Å²) < 4.78 is 0. The summed E-state index contributed by atoms with van der Waals surface area (Å²) in [5.74, 6) is -0.812. The molecule has 0 fully saturated rings. The minimum atomic E-state index is -0.540. The third kappa shape index (κ3) is 4.63. The van der Waals surface area contributed by atoms with E-state index in [0.29, 0.717) is 0 Å². The van der Waals surface area contributed by atoms with Crippen LogP contribution >= 0.6 is 0 Å².